The molecule has 0 saturated carbocycles. The van der Waals surface area contributed by atoms with E-state index in [1.165, 1.54) is 0 Å². The first kappa shape index (κ1) is 26.1. The Balaban J connectivity index is 1.33. The Labute approximate surface area is 284 Å². The molecular weight excluding hydrogens is 617 g/mol. The summed E-state index contributed by atoms with van der Waals surface area (Å²) in [7, 11) is 0. The number of hydrogen-bond donors (Lipinski definition) is 0. The van der Waals surface area contributed by atoms with Gasteiger partial charge >= 0.3 is 0 Å². The van der Waals surface area contributed by atoms with E-state index in [4.69, 9.17) is 19.1 Å². The summed E-state index contributed by atoms with van der Waals surface area (Å²) in [5.41, 5.74) is 9.83. The first-order valence-corrected chi connectivity index (χ1v) is 16.8. The third-order valence-electron chi connectivity index (χ3n) is 10.3. The van der Waals surface area contributed by atoms with Crippen molar-refractivity contribution in [1.29, 1.82) is 0 Å². The SMILES string of the molecule is c1ccc(-n2c3ccccc3c3c2ccc2c4c5c(ccc4n(-c4nc6c7c(cccc7n4)Oc4ccccc4-6)c23)oc2ccccc25)cc1. The smallest absolute Gasteiger partial charge is 0.235 e. The van der Waals surface area contributed by atoms with Crippen LogP contribution in [0, 0.1) is 0 Å². The van der Waals surface area contributed by atoms with E-state index < -0.39 is 0 Å². The molecule has 0 saturated heterocycles. The molecule has 50 heavy (non-hydrogen) atoms. The highest BCUT2D eigenvalue weighted by molar-refractivity contribution is 6.32. The lowest BCUT2D eigenvalue weighted by molar-refractivity contribution is 0.486. The zero-order valence-corrected chi connectivity index (χ0v) is 26.5. The van der Waals surface area contributed by atoms with Gasteiger partial charge in [-0.15, -0.1) is 0 Å². The number of fused-ring (bicyclic) bond motifs is 13. The summed E-state index contributed by atoms with van der Waals surface area (Å²) in [6, 6.07) is 50.5. The van der Waals surface area contributed by atoms with Crippen molar-refractivity contribution in [3.8, 4) is 34.4 Å². The van der Waals surface area contributed by atoms with Gasteiger partial charge in [-0.05, 0) is 66.7 Å². The maximum atomic E-state index is 6.44. The normalized spacial score (nSPS) is 12.6. The minimum absolute atomic E-state index is 0.609. The zero-order valence-electron chi connectivity index (χ0n) is 26.5. The standard InChI is InChI=1S/C44H24N4O2/c1-2-11-25(12-3-1)47-31-17-7-4-13-26(31)39-33(47)22-21-29-38-32(23-24-37-40(38)27-14-5-8-18-34(27)49-37)48(43(29)39)44-45-30-16-10-20-36-41(30)42(46-44)28-15-6-9-19-35(28)50-36/h1-24H. The number of hydrogen-bond acceptors (Lipinski definition) is 4. The molecule has 232 valence electrons. The van der Waals surface area contributed by atoms with Gasteiger partial charge in [0.05, 0.1) is 38.7 Å². The van der Waals surface area contributed by atoms with Crippen LogP contribution in [0.3, 0.4) is 0 Å². The molecule has 0 fully saturated rings. The van der Waals surface area contributed by atoms with Gasteiger partial charge in [0.2, 0.25) is 5.95 Å². The van der Waals surface area contributed by atoms with Crippen molar-refractivity contribution >= 4 is 76.5 Å². The van der Waals surface area contributed by atoms with Gasteiger partial charge < -0.3 is 13.7 Å². The average Bonchev–Trinajstić information content (AvgIpc) is 3.82. The topological polar surface area (TPSA) is 58.0 Å². The molecule has 4 aromatic heterocycles. The van der Waals surface area contributed by atoms with Gasteiger partial charge in [-0.2, -0.15) is 0 Å². The Kier molecular flexibility index (Phi) is 4.89. The van der Waals surface area contributed by atoms with Crippen molar-refractivity contribution in [3.63, 3.8) is 0 Å². The van der Waals surface area contributed by atoms with Gasteiger partial charge in [0.1, 0.15) is 22.7 Å². The predicted molar refractivity (Wildman–Crippen MR) is 201 cm³/mol. The molecule has 6 heteroatoms. The van der Waals surface area contributed by atoms with Gasteiger partial charge in [0.25, 0.3) is 0 Å². The van der Waals surface area contributed by atoms with Crippen LogP contribution in [0.25, 0.3) is 99.3 Å². The first-order chi connectivity index (χ1) is 24.8. The van der Waals surface area contributed by atoms with Crippen LogP contribution in [-0.4, -0.2) is 19.1 Å². The summed E-state index contributed by atoms with van der Waals surface area (Å²) in [5, 5.41) is 7.66. The Hall–Kier alpha value is -6.92. The van der Waals surface area contributed by atoms with Gasteiger partial charge in [0.15, 0.2) is 0 Å². The van der Waals surface area contributed by atoms with E-state index in [9.17, 15) is 0 Å². The molecule has 0 atom stereocenters. The number of para-hydroxylation sites is 4. The highest BCUT2D eigenvalue weighted by atomic mass is 16.5. The van der Waals surface area contributed by atoms with Crippen LogP contribution in [-0.2, 0) is 0 Å². The highest BCUT2D eigenvalue weighted by Gasteiger charge is 2.27. The highest BCUT2D eigenvalue weighted by Crippen LogP contribution is 2.48. The van der Waals surface area contributed by atoms with Crippen LogP contribution in [0.4, 0.5) is 0 Å². The molecule has 11 aromatic rings. The molecule has 0 spiro atoms. The monoisotopic (exact) mass is 640 g/mol. The Morgan fingerprint density at radius 3 is 2.14 bits per heavy atom. The number of aromatic nitrogens is 4. The second-order valence-electron chi connectivity index (χ2n) is 12.9. The van der Waals surface area contributed by atoms with Crippen molar-refractivity contribution in [2.24, 2.45) is 0 Å². The molecule has 0 radical (unpaired) electrons. The molecule has 5 heterocycles. The lowest BCUT2D eigenvalue weighted by Crippen LogP contribution is -2.06. The van der Waals surface area contributed by atoms with Crippen LogP contribution >= 0.6 is 0 Å². The Morgan fingerprint density at radius 2 is 1.20 bits per heavy atom. The maximum Gasteiger partial charge on any atom is 0.235 e. The molecule has 12 rings (SSSR count). The Morgan fingerprint density at radius 1 is 0.440 bits per heavy atom. The lowest BCUT2D eigenvalue weighted by atomic mass is 10.0. The number of nitrogens with zero attached hydrogens (tertiary/aromatic N) is 4. The maximum absolute atomic E-state index is 6.44. The van der Waals surface area contributed by atoms with Gasteiger partial charge in [0, 0.05) is 43.6 Å². The summed E-state index contributed by atoms with van der Waals surface area (Å²) in [5.74, 6) is 2.17. The molecule has 0 bridgehead atoms. The summed E-state index contributed by atoms with van der Waals surface area (Å²) in [6.07, 6.45) is 0. The largest absolute Gasteiger partial charge is 0.456 e. The molecule has 1 aliphatic heterocycles. The first-order valence-electron chi connectivity index (χ1n) is 16.8. The fourth-order valence-corrected chi connectivity index (χ4v) is 8.31. The number of benzene rings is 7. The third-order valence-corrected chi connectivity index (χ3v) is 10.3. The molecule has 0 N–H and O–H groups in total. The zero-order chi connectivity index (χ0) is 32.5. The van der Waals surface area contributed by atoms with Gasteiger partial charge in [-0.3, -0.25) is 4.57 Å². The number of furan rings is 1. The minimum atomic E-state index is 0.609. The van der Waals surface area contributed by atoms with Crippen molar-refractivity contribution in [3.05, 3.63) is 146 Å². The van der Waals surface area contributed by atoms with E-state index in [1.807, 2.05) is 42.5 Å². The van der Waals surface area contributed by atoms with E-state index >= 15 is 0 Å². The van der Waals surface area contributed by atoms with E-state index in [1.54, 1.807) is 0 Å². The lowest BCUT2D eigenvalue weighted by Gasteiger charge is -2.21. The van der Waals surface area contributed by atoms with E-state index in [-0.39, 0.29) is 0 Å². The van der Waals surface area contributed by atoms with Crippen molar-refractivity contribution < 1.29 is 9.15 Å². The fraction of sp³-hybridized carbons (Fsp3) is 0. The van der Waals surface area contributed by atoms with Crippen LogP contribution in [0.1, 0.15) is 0 Å². The molecule has 6 nitrogen and oxygen atoms in total. The second kappa shape index (κ2) is 9.36. The van der Waals surface area contributed by atoms with Gasteiger partial charge in [-0.1, -0.05) is 78.9 Å². The molecule has 7 aromatic carbocycles. The fourth-order valence-electron chi connectivity index (χ4n) is 8.31. The van der Waals surface area contributed by atoms with E-state index in [0.29, 0.717) is 5.95 Å². The number of ether oxygens (including phenoxy) is 1. The number of rotatable bonds is 2. The van der Waals surface area contributed by atoms with E-state index in [2.05, 4.69) is 112 Å². The molecule has 1 aliphatic rings. The molecule has 0 unspecified atom stereocenters. The minimum Gasteiger partial charge on any atom is -0.456 e. The molecule has 0 amide bonds. The van der Waals surface area contributed by atoms with Crippen LogP contribution in [0.15, 0.2) is 150 Å². The van der Waals surface area contributed by atoms with Crippen molar-refractivity contribution in [1.82, 2.24) is 19.1 Å². The van der Waals surface area contributed by atoms with Crippen LogP contribution in [0.5, 0.6) is 11.5 Å². The Bertz CT molecular complexity index is 3240. The quantitative estimate of drug-likeness (QED) is 0.189. The summed E-state index contributed by atoms with van der Waals surface area (Å²) < 4.78 is 17.4. The molecule has 0 aliphatic carbocycles. The van der Waals surface area contributed by atoms with Gasteiger partial charge in [-0.25, -0.2) is 9.97 Å². The third kappa shape index (κ3) is 3.27. The predicted octanol–water partition coefficient (Wildman–Crippen LogP) is 11.5. The van der Waals surface area contributed by atoms with E-state index in [0.717, 1.165) is 105 Å². The average molecular weight is 641 g/mol. The van der Waals surface area contributed by atoms with Crippen LogP contribution in [0.2, 0.25) is 0 Å². The summed E-state index contributed by atoms with van der Waals surface area (Å²) >= 11 is 0. The van der Waals surface area contributed by atoms with Crippen molar-refractivity contribution in [2.45, 2.75) is 0 Å². The van der Waals surface area contributed by atoms with Crippen LogP contribution < -0.4 is 4.74 Å². The second-order valence-corrected chi connectivity index (χ2v) is 12.9. The van der Waals surface area contributed by atoms with Crippen molar-refractivity contribution in [2.75, 3.05) is 0 Å². The molecular formula is C44H24N4O2. The summed E-state index contributed by atoms with van der Waals surface area (Å²) in [6.45, 7) is 0. The summed E-state index contributed by atoms with van der Waals surface area (Å²) in [4.78, 5) is 10.8.